The summed E-state index contributed by atoms with van der Waals surface area (Å²) in [6.07, 6.45) is 13.2. The van der Waals surface area contributed by atoms with Crippen LogP contribution in [0.15, 0.2) is 89.6 Å². The van der Waals surface area contributed by atoms with Gasteiger partial charge in [-0.15, -0.1) is 0 Å². The van der Waals surface area contributed by atoms with Gasteiger partial charge in [-0.05, 0) is 62.4 Å². The van der Waals surface area contributed by atoms with E-state index >= 15 is 0 Å². The summed E-state index contributed by atoms with van der Waals surface area (Å²) < 4.78 is 5.04. The molecule has 4 aromatic rings. The molecule has 4 rings (SSSR count). The van der Waals surface area contributed by atoms with Crippen LogP contribution in [-0.4, -0.2) is 26.1 Å². The maximum atomic E-state index is 11.2. The minimum absolute atomic E-state index is 0.149. The molecule has 6 nitrogen and oxygen atoms in total. The number of aryl methyl sites for hydroxylation is 2. The molecule has 0 radical (unpaired) electrons. The molecule has 1 unspecified atom stereocenters. The van der Waals surface area contributed by atoms with Crippen molar-refractivity contribution >= 4 is 16.7 Å². The molecule has 0 spiro atoms. The van der Waals surface area contributed by atoms with Crippen molar-refractivity contribution in [2.45, 2.75) is 73.1 Å². The summed E-state index contributed by atoms with van der Waals surface area (Å²) in [6, 6.07) is 14.5. The lowest BCUT2D eigenvalue weighted by atomic mass is 9.98. The highest BCUT2D eigenvalue weighted by atomic mass is 16.5. The summed E-state index contributed by atoms with van der Waals surface area (Å²) in [5.74, 6) is 2.04. The third-order valence-electron chi connectivity index (χ3n) is 6.17. The fourth-order valence-electron chi connectivity index (χ4n) is 3.61. The molecule has 0 saturated carbocycles. The first-order valence-electron chi connectivity index (χ1n) is 13.7. The van der Waals surface area contributed by atoms with Crippen LogP contribution in [0.25, 0.3) is 22.4 Å². The topological polar surface area (TPSA) is 84.7 Å². The van der Waals surface area contributed by atoms with E-state index in [9.17, 15) is 4.79 Å². The molecule has 0 aliphatic heterocycles. The first-order valence-corrected chi connectivity index (χ1v) is 13.7. The van der Waals surface area contributed by atoms with Crippen molar-refractivity contribution in [3.63, 3.8) is 0 Å². The van der Waals surface area contributed by atoms with E-state index in [1.54, 1.807) is 6.08 Å². The number of carbonyl (C=O) groups excluding carboxylic acids is 1. The lowest BCUT2D eigenvalue weighted by Gasteiger charge is -2.07. The average Bonchev–Trinajstić information content (AvgIpc) is 3.61. The maximum absolute atomic E-state index is 11.2. The standard InChI is InChI=1S/C12H18O.C11H14N2.C10H10N2O/c1-4-7-8-9-10-11(5-2)12(13)6-3;1-3-8(2)9-4-5-11-10(6-9)7-12-13-11;1-7-4-3-5-9(6-7)10-11-8(2)12-13-10/h5,8-10H,2,4,6-7H2,1,3H3;4-8H,3H2,1-2H3,(H,12,13);3-6H,1-2H3/b9-8-,11-10+;;. The summed E-state index contributed by atoms with van der Waals surface area (Å²) >= 11 is 0. The Labute approximate surface area is 232 Å². The zero-order chi connectivity index (χ0) is 28.6. The smallest absolute Gasteiger partial charge is 0.257 e. The van der Waals surface area contributed by atoms with Gasteiger partial charge >= 0.3 is 0 Å². The number of nitrogens with zero attached hydrogens (tertiary/aromatic N) is 3. The van der Waals surface area contributed by atoms with Gasteiger partial charge in [0, 0.05) is 22.9 Å². The predicted molar refractivity (Wildman–Crippen MR) is 162 cm³/mol. The number of rotatable bonds is 9. The van der Waals surface area contributed by atoms with Gasteiger partial charge < -0.3 is 4.52 Å². The van der Waals surface area contributed by atoms with Crippen LogP contribution >= 0.6 is 0 Å². The van der Waals surface area contributed by atoms with Gasteiger partial charge in [0.25, 0.3) is 5.89 Å². The number of H-pyrrole nitrogens is 1. The number of hydrogen-bond donors (Lipinski definition) is 1. The molecule has 2 heterocycles. The second kappa shape index (κ2) is 16.7. The highest BCUT2D eigenvalue weighted by molar-refractivity contribution is 5.97. The normalized spacial score (nSPS) is 11.9. The van der Waals surface area contributed by atoms with E-state index in [1.807, 2.05) is 63.4 Å². The number of ketones is 1. The number of aromatic nitrogens is 4. The summed E-state index contributed by atoms with van der Waals surface area (Å²) in [4.78, 5) is 15.4. The van der Waals surface area contributed by atoms with E-state index < -0.39 is 0 Å². The highest BCUT2D eigenvalue weighted by Crippen LogP contribution is 2.22. The van der Waals surface area contributed by atoms with Crippen LogP contribution in [0.2, 0.25) is 0 Å². The van der Waals surface area contributed by atoms with E-state index in [2.05, 4.69) is 72.0 Å². The van der Waals surface area contributed by atoms with Crippen molar-refractivity contribution in [1.82, 2.24) is 20.3 Å². The lowest BCUT2D eigenvalue weighted by molar-refractivity contribution is -0.114. The number of unbranched alkanes of at least 4 members (excludes halogenated alkanes) is 1. The molecule has 0 amide bonds. The first-order chi connectivity index (χ1) is 18.8. The third-order valence-corrected chi connectivity index (χ3v) is 6.17. The van der Waals surface area contributed by atoms with E-state index in [-0.39, 0.29) is 5.78 Å². The van der Waals surface area contributed by atoms with Crippen molar-refractivity contribution < 1.29 is 9.32 Å². The largest absolute Gasteiger partial charge is 0.334 e. The second-order valence-corrected chi connectivity index (χ2v) is 9.36. The Bertz CT molecular complexity index is 1380. The van der Waals surface area contributed by atoms with Crippen LogP contribution < -0.4 is 0 Å². The van der Waals surface area contributed by atoms with Crippen LogP contribution in [0.1, 0.15) is 76.2 Å². The van der Waals surface area contributed by atoms with Crippen LogP contribution in [0.3, 0.4) is 0 Å². The van der Waals surface area contributed by atoms with E-state index in [1.165, 1.54) is 22.9 Å². The Kier molecular flexibility index (Phi) is 13.4. The number of allylic oxidation sites excluding steroid dienone is 5. The lowest BCUT2D eigenvalue weighted by Crippen LogP contribution is -1.96. The quantitative estimate of drug-likeness (QED) is 0.174. The van der Waals surface area contributed by atoms with Gasteiger partial charge in [-0.2, -0.15) is 10.1 Å². The van der Waals surface area contributed by atoms with Gasteiger partial charge in [0.1, 0.15) is 0 Å². The van der Waals surface area contributed by atoms with Gasteiger partial charge in [-0.1, -0.05) is 93.9 Å². The van der Waals surface area contributed by atoms with Crippen molar-refractivity contribution in [1.29, 1.82) is 0 Å². The summed E-state index contributed by atoms with van der Waals surface area (Å²) in [5.41, 5.74) is 5.38. The summed E-state index contributed by atoms with van der Waals surface area (Å²) in [6.45, 7) is 15.9. The number of Topliss-reactive ketones (excluding diaryl/α,β-unsaturated/α-hetero) is 1. The molecule has 206 valence electrons. The number of benzene rings is 2. The van der Waals surface area contributed by atoms with Gasteiger partial charge in [0.15, 0.2) is 11.6 Å². The number of fused-ring (bicyclic) bond motifs is 1. The molecular weight excluding hydrogens is 484 g/mol. The Balaban J connectivity index is 0.000000205. The molecule has 0 fully saturated rings. The third kappa shape index (κ3) is 10.3. The Morgan fingerprint density at radius 3 is 2.54 bits per heavy atom. The van der Waals surface area contributed by atoms with E-state index in [0.29, 0.717) is 29.6 Å². The fourth-order valence-corrected chi connectivity index (χ4v) is 3.61. The zero-order valence-corrected chi connectivity index (χ0v) is 24.2. The SMILES string of the molecule is C=C/C(=C\C=C/CCC)C(=O)CC.CCC(C)c1ccc2[nH]ncc2c1.Cc1cccc(-c2nc(C)no2)c1. The maximum Gasteiger partial charge on any atom is 0.257 e. The van der Waals surface area contributed by atoms with E-state index in [0.717, 1.165) is 23.9 Å². The average molecular weight is 527 g/mol. The molecule has 1 atom stereocenters. The van der Waals surface area contributed by atoms with Gasteiger partial charge in [0.2, 0.25) is 0 Å². The zero-order valence-electron chi connectivity index (χ0n) is 24.2. The van der Waals surface area contributed by atoms with Crippen molar-refractivity contribution in [2.24, 2.45) is 0 Å². The molecule has 2 aromatic heterocycles. The molecule has 39 heavy (non-hydrogen) atoms. The van der Waals surface area contributed by atoms with Crippen LogP contribution in [-0.2, 0) is 4.79 Å². The molecular formula is C33H42N4O2. The molecule has 0 aliphatic carbocycles. The Hall–Kier alpha value is -4.06. The molecule has 6 heteroatoms. The molecule has 2 aromatic carbocycles. The van der Waals surface area contributed by atoms with Crippen LogP contribution in [0.4, 0.5) is 0 Å². The van der Waals surface area contributed by atoms with E-state index in [4.69, 9.17) is 4.52 Å². The minimum Gasteiger partial charge on any atom is -0.334 e. The molecule has 1 N–H and O–H groups in total. The van der Waals surface area contributed by atoms with Crippen LogP contribution in [0, 0.1) is 13.8 Å². The van der Waals surface area contributed by atoms with Gasteiger partial charge in [0.05, 0.1) is 11.7 Å². The van der Waals surface area contributed by atoms with Gasteiger partial charge in [-0.25, -0.2) is 0 Å². The number of aromatic amines is 1. The highest BCUT2D eigenvalue weighted by Gasteiger charge is 2.05. The molecule has 0 aliphatic rings. The Morgan fingerprint density at radius 1 is 1.13 bits per heavy atom. The first kappa shape index (κ1) is 31.2. The second-order valence-electron chi connectivity index (χ2n) is 9.36. The van der Waals surface area contributed by atoms with Gasteiger partial charge in [-0.3, -0.25) is 9.89 Å². The summed E-state index contributed by atoms with van der Waals surface area (Å²) in [7, 11) is 0. The molecule has 0 bridgehead atoms. The minimum atomic E-state index is 0.149. The van der Waals surface area contributed by atoms with Crippen molar-refractivity contribution in [3.05, 3.63) is 102 Å². The predicted octanol–water partition coefficient (Wildman–Crippen LogP) is 8.86. The molecule has 0 saturated heterocycles. The number of hydrogen-bond acceptors (Lipinski definition) is 5. The van der Waals surface area contributed by atoms with Crippen LogP contribution in [0.5, 0.6) is 0 Å². The Morgan fingerprint density at radius 2 is 1.92 bits per heavy atom. The number of carbonyl (C=O) groups is 1. The monoisotopic (exact) mass is 526 g/mol. The van der Waals surface area contributed by atoms with Crippen molar-refractivity contribution in [3.8, 4) is 11.5 Å². The summed E-state index contributed by atoms with van der Waals surface area (Å²) in [5, 5.41) is 11.9. The fraction of sp³-hybridized carbons (Fsp3) is 0.333. The van der Waals surface area contributed by atoms with Crippen molar-refractivity contribution in [2.75, 3.05) is 0 Å². The number of nitrogens with one attached hydrogen (secondary N) is 1.